The molecule has 4 heteroatoms. The molecule has 0 atom stereocenters. The van der Waals surface area contributed by atoms with Gasteiger partial charge in [0.05, 0.1) is 0 Å². The summed E-state index contributed by atoms with van der Waals surface area (Å²) >= 11 is 5.87. The maximum absolute atomic E-state index is 12.2. The van der Waals surface area contributed by atoms with E-state index in [1.165, 1.54) is 6.42 Å². The van der Waals surface area contributed by atoms with Crippen LogP contribution in [-0.4, -0.2) is 28.9 Å². The first-order valence-electron chi connectivity index (χ1n) is 5.89. The third-order valence-corrected chi connectivity index (χ3v) is 3.36. The molecule has 1 aromatic heterocycles. The lowest BCUT2D eigenvalue weighted by Gasteiger charge is -2.37. The zero-order valence-corrected chi connectivity index (χ0v) is 11.0. The molecule has 0 saturated carbocycles. The van der Waals surface area contributed by atoms with Gasteiger partial charge in [0.1, 0.15) is 5.69 Å². The monoisotopic (exact) mass is 252 g/mol. The van der Waals surface area contributed by atoms with Crippen molar-refractivity contribution in [3.05, 3.63) is 29.0 Å². The number of rotatable bonds is 1. The summed E-state index contributed by atoms with van der Waals surface area (Å²) in [6, 6.07) is 3.31. The molecule has 3 nitrogen and oxygen atoms in total. The number of halogens is 1. The normalized spacial score (nSPS) is 19.1. The van der Waals surface area contributed by atoms with E-state index in [0.717, 1.165) is 19.5 Å². The molecular weight excluding hydrogens is 236 g/mol. The van der Waals surface area contributed by atoms with Crippen molar-refractivity contribution in [2.24, 2.45) is 5.41 Å². The molecule has 1 aliphatic rings. The summed E-state index contributed by atoms with van der Waals surface area (Å²) in [6.45, 7) is 5.99. The molecule has 1 saturated heterocycles. The van der Waals surface area contributed by atoms with Crippen LogP contribution in [0.3, 0.4) is 0 Å². The van der Waals surface area contributed by atoms with Crippen LogP contribution in [0.25, 0.3) is 0 Å². The van der Waals surface area contributed by atoms with E-state index in [-0.39, 0.29) is 11.3 Å². The molecule has 0 aromatic carbocycles. The molecule has 1 amide bonds. The van der Waals surface area contributed by atoms with Crippen molar-refractivity contribution in [2.45, 2.75) is 26.7 Å². The second kappa shape index (κ2) is 4.65. The van der Waals surface area contributed by atoms with Crippen LogP contribution in [0.4, 0.5) is 0 Å². The number of nitrogens with zero attached hydrogens (tertiary/aromatic N) is 2. The van der Waals surface area contributed by atoms with Crippen LogP contribution in [0.15, 0.2) is 18.3 Å². The highest BCUT2D eigenvalue weighted by atomic mass is 35.5. The molecule has 1 aromatic rings. The Morgan fingerprint density at radius 3 is 2.94 bits per heavy atom. The topological polar surface area (TPSA) is 33.2 Å². The summed E-state index contributed by atoms with van der Waals surface area (Å²) in [7, 11) is 0. The van der Waals surface area contributed by atoms with Gasteiger partial charge < -0.3 is 4.90 Å². The van der Waals surface area contributed by atoms with Crippen LogP contribution >= 0.6 is 11.6 Å². The van der Waals surface area contributed by atoms with E-state index in [4.69, 9.17) is 11.6 Å². The van der Waals surface area contributed by atoms with E-state index in [2.05, 4.69) is 18.8 Å². The summed E-state index contributed by atoms with van der Waals surface area (Å²) in [5.74, 6) is -0.0136. The summed E-state index contributed by atoms with van der Waals surface area (Å²) < 4.78 is 0. The second-order valence-corrected chi connectivity index (χ2v) is 5.79. The minimum Gasteiger partial charge on any atom is -0.337 e. The Bertz CT molecular complexity index is 431. The van der Waals surface area contributed by atoms with Crippen molar-refractivity contribution in [3.8, 4) is 0 Å². The number of likely N-dealkylation sites (tertiary alicyclic amines) is 1. The summed E-state index contributed by atoms with van der Waals surface area (Å²) in [5.41, 5.74) is 0.641. The van der Waals surface area contributed by atoms with Gasteiger partial charge in [-0.1, -0.05) is 25.4 Å². The van der Waals surface area contributed by atoms with Crippen molar-refractivity contribution in [3.63, 3.8) is 0 Å². The van der Waals surface area contributed by atoms with E-state index in [1.807, 2.05) is 4.90 Å². The van der Waals surface area contributed by atoms with E-state index in [1.54, 1.807) is 18.3 Å². The molecule has 0 aliphatic carbocycles. The highest BCUT2D eigenvalue weighted by Gasteiger charge is 2.29. The van der Waals surface area contributed by atoms with Crippen LogP contribution in [0.5, 0.6) is 0 Å². The smallest absolute Gasteiger partial charge is 0.272 e. The molecular formula is C13H17ClN2O. The number of hydrogen-bond acceptors (Lipinski definition) is 2. The van der Waals surface area contributed by atoms with Crippen molar-refractivity contribution in [1.82, 2.24) is 9.88 Å². The van der Waals surface area contributed by atoms with Gasteiger partial charge in [0.2, 0.25) is 0 Å². The quantitative estimate of drug-likeness (QED) is 0.770. The van der Waals surface area contributed by atoms with Gasteiger partial charge in [0.15, 0.2) is 0 Å². The first-order chi connectivity index (χ1) is 7.98. The Morgan fingerprint density at radius 2 is 2.29 bits per heavy atom. The minimum atomic E-state index is -0.0136. The van der Waals surface area contributed by atoms with Gasteiger partial charge >= 0.3 is 0 Å². The number of piperidine rings is 1. The second-order valence-electron chi connectivity index (χ2n) is 5.35. The molecule has 0 unspecified atom stereocenters. The van der Waals surface area contributed by atoms with E-state index < -0.39 is 0 Å². The Kier molecular flexibility index (Phi) is 3.38. The molecule has 0 bridgehead atoms. The fourth-order valence-electron chi connectivity index (χ4n) is 2.28. The lowest BCUT2D eigenvalue weighted by atomic mass is 9.84. The SMILES string of the molecule is CC1(C)CCCN(C(=O)c2cc(Cl)ccn2)C1. The van der Waals surface area contributed by atoms with Gasteiger partial charge in [-0.05, 0) is 30.4 Å². The van der Waals surface area contributed by atoms with Gasteiger partial charge in [-0.3, -0.25) is 9.78 Å². The minimum absolute atomic E-state index is 0.0136. The van der Waals surface area contributed by atoms with Crippen molar-refractivity contribution >= 4 is 17.5 Å². The number of carbonyl (C=O) groups is 1. The number of hydrogen-bond donors (Lipinski definition) is 0. The van der Waals surface area contributed by atoms with Gasteiger partial charge in [-0.2, -0.15) is 0 Å². The van der Waals surface area contributed by atoms with Crippen LogP contribution < -0.4 is 0 Å². The van der Waals surface area contributed by atoms with Gasteiger partial charge in [-0.15, -0.1) is 0 Å². The number of aromatic nitrogens is 1. The first-order valence-corrected chi connectivity index (χ1v) is 6.27. The molecule has 0 spiro atoms. The van der Waals surface area contributed by atoms with E-state index in [0.29, 0.717) is 10.7 Å². The molecule has 92 valence electrons. The molecule has 2 rings (SSSR count). The highest BCUT2D eigenvalue weighted by Crippen LogP contribution is 2.29. The Morgan fingerprint density at radius 1 is 1.53 bits per heavy atom. The Labute approximate surface area is 107 Å². The average Bonchev–Trinajstić information content (AvgIpc) is 2.26. The molecule has 1 aliphatic heterocycles. The summed E-state index contributed by atoms with van der Waals surface area (Å²) in [5, 5.41) is 0.555. The third-order valence-electron chi connectivity index (χ3n) is 3.13. The van der Waals surface area contributed by atoms with Gasteiger partial charge in [-0.25, -0.2) is 0 Å². The lowest BCUT2D eigenvalue weighted by molar-refractivity contribution is 0.0577. The third kappa shape index (κ3) is 2.97. The lowest BCUT2D eigenvalue weighted by Crippen LogP contribution is -2.43. The Hall–Kier alpha value is -1.09. The number of carbonyl (C=O) groups excluding carboxylic acids is 1. The fourth-order valence-corrected chi connectivity index (χ4v) is 2.44. The predicted molar refractivity (Wildman–Crippen MR) is 68.2 cm³/mol. The first kappa shape index (κ1) is 12.4. The Balaban J connectivity index is 2.15. The predicted octanol–water partition coefficient (Wildman–Crippen LogP) is 3.00. The fraction of sp³-hybridized carbons (Fsp3) is 0.538. The molecule has 0 radical (unpaired) electrons. The zero-order chi connectivity index (χ0) is 12.5. The number of amides is 1. The van der Waals surface area contributed by atoms with E-state index >= 15 is 0 Å². The largest absolute Gasteiger partial charge is 0.337 e. The standard InChI is InChI=1S/C13H17ClN2O/c1-13(2)5-3-7-16(9-13)12(17)11-8-10(14)4-6-15-11/h4,6,8H,3,5,7,9H2,1-2H3. The van der Waals surface area contributed by atoms with Crippen LogP contribution in [-0.2, 0) is 0 Å². The average molecular weight is 253 g/mol. The molecule has 17 heavy (non-hydrogen) atoms. The van der Waals surface area contributed by atoms with E-state index in [9.17, 15) is 4.79 Å². The highest BCUT2D eigenvalue weighted by molar-refractivity contribution is 6.30. The van der Waals surface area contributed by atoms with Crippen molar-refractivity contribution in [1.29, 1.82) is 0 Å². The van der Waals surface area contributed by atoms with Crippen LogP contribution in [0.1, 0.15) is 37.2 Å². The summed E-state index contributed by atoms with van der Waals surface area (Å²) in [4.78, 5) is 18.2. The zero-order valence-electron chi connectivity index (χ0n) is 10.2. The van der Waals surface area contributed by atoms with Gasteiger partial charge in [0.25, 0.3) is 5.91 Å². The van der Waals surface area contributed by atoms with Crippen molar-refractivity contribution < 1.29 is 4.79 Å². The molecule has 2 heterocycles. The van der Waals surface area contributed by atoms with Gasteiger partial charge in [0, 0.05) is 24.3 Å². The van der Waals surface area contributed by atoms with Crippen LogP contribution in [0.2, 0.25) is 5.02 Å². The molecule has 0 N–H and O–H groups in total. The summed E-state index contributed by atoms with van der Waals surface area (Å²) in [6.07, 6.45) is 3.80. The van der Waals surface area contributed by atoms with Crippen LogP contribution in [0, 0.1) is 5.41 Å². The maximum atomic E-state index is 12.2. The maximum Gasteiger partial charge on any atom is 0.272 e. The number of pyridine rings is 1. The van der Waals surface area contributed by atoms with Crippen molar-refractivity contribution in [2.75, 3.05) is 13.1 Å². The molecule has 1 fully saturated rings.